The lowest BCUT2D eigenvalue weighted by molar-refractivity contribution is -0.120. The van der Waals surface area contributed by atoms with Crippen LogP contribution >= 0.6 is 11.6 Å². The van der Waals surface area contributed by atoms with Crippen molar-refractivity contribution < 1.29 is 14.4 Å². The van der Waals surface area contributed by atoms with Crippen LogP contribution < -0.4 is 15.5 Å². The van der Waals surface area contributed by atoms with E-state index in [0.29, 0.717) is 22.6 Å². The molecule has 0 saturated heterocycles. The summed E-state index contributed by atoms with van der Waals surface area (Å²) in [5.41, 5.74) is 5.16. The summed E-state index contributed by atoms with van der Waals surface area (Å²) in [5.74, 6) is -1.44. The number of aryl methyl sites for hydroxylation is 3. The first-order valence-electron chi connectivity index (χ1n) is 10.9. The Hall–Kier alpha value is -3.90. The molecule has 0 fully saturated rings. The van der Waals surface area contributed by atoms with Crippen molar-refractivity contribution in [3.05, 3.63) is 99.7 Å². The van der Waals surface area contributed by atoms with Crippen molar-refractivity contribution in [3.63, 3.8) is 0 Å². The Balaban J connectivity index is 1.53. The van der Waals surface area contributed by atoms with Gasteiger partial charge in [0.15, 0.2) is 0 Å². The molecule has 2 N–H and O–H groups in total. The van der Waals surface area contributed by atoms with Gasteiger partial charge in [0, 0.05) is 16.9 Å². The molecule has 0 radical (unpaired) electrons. The molecule has 0 saturated carbocycles. The molecule has 0 atom stereocenters. The molecule has 0 aliphatic carbocycles. The molecule has 4 rings (SSSR count). The normalized spacial score (nSPS) is 13.5. The van der Waals surface area contributed by atoms with E-state index >= 15 is 0 Å². The van der Waals surface area contributed by atoms with Crippen LogP contribution in [0.4, 0.5) is 17.1 Å². The maximum Gasteiger partial charge on any atom is 0.283 e. The van der Waals surface area contributed by atoms with Crippen LogP contribution in [-0.2, 0) is 16.0 Å². The Morgan fingerprint density at radius 3 is 2.21 bits per heavy atom. The van der Waals surface area contributed by atoms with Crippen LogP contribution in [0.15, 0.2) is 77.5 Å². The highest BCUT2D eigenvalue weighted by molar-refractivity contribution is 6.53. The third-order valence-electron chi connectivity index (χ3n) is 5.50. The van der Waals surface area contributed by atoms with Crippen LogP contribution in [0, 0.1) is 13.8 Å². The molecule has 1 heterocycles. The Bertz CT molecular complexity index is 1310. The first-order valence-corrected chi connectivity index (χ1v) is 11.3. The fraction of sp³-hybridized carbons (Fsp3) is 0.148. The van der Waals surface area contributed by atoms with Crippen molar-refractivity contribution in [2.75, 3.05) is 15.5 Å². The Morgan fingerprint density at radius 2 is 1.56 bits per heavy atom. The molecule has 1 aliphatic heterocycles. The van der Waals surface area contributed by atoms with Gasteiger partial charge in [0.1, 0.15) is 10.7 Å². The summed E-state index contributed by atoms with van der Waals surface area (Å²) in [5, 5.41) is 5.62. The van der Waals surface area contributed by atoms with E-state index in [2.05, 4.69) is 10.6 Å². The predicted octanol–water partition coefficient (Wildman–Crippen LogP) is 5.55. The molecule has 7 heteroatoms. The number of anilines is 3. The van der Waals surface area contributed by atoms with Crippen LogP contribution in [0.5, 0.6) is 0 Å². The van der Waals surface area contributed by atoms with E-state index in [0.717, 1.165) is 28.0 Å². The summed E-state index contributed by atoms with van der Waals surface area (Å²) in [4.78, 5) is 39.6. The first-order chi connectivity index (χ1) is 16.3. The minimum absolute atomic E-state index is 0.0295. The fourth-order valence-electron chi connectivity index (χ4n) is 3.86. The molecule has 6 nitrogen and oxygen atoms in total. The number of benzene rings is 3. The lowest BCUT2D eigenvalue weighted by atomic mass is 10.1. The Labute approximate surface area is 203 Å². The van der Waals surface area contributed by atoms with Crippen molar-refractivity contribution in [2.45, 2.75) is 27.2 Å². The number of carbonyl (C=O) groups excluding carboxylic acids is 3. The van der Waals surface area contributed by atoms with Gasteiger partial charge in [-0.25, -0.2) is 4.90 Å². The molecular formula is C27H24ClN3O3. The molecule has 34 heavy (non-hydrogen) atoms. The van der Waals surface area contributed by atoms with Gasteiger partial charge < -0.3 is 10.6 Å². The summed E-state index contributed by atoms with van der Waals surface area (Å²) in [7, 11) is 0. The standard InChI is InChI=1S/C27H24ClN3O3/c1-4-18-8-10-22(11-9-18)31-26(33)23(28)24(27(31)34)29-20-7-5-6-19(15-20)25(32)30-21-13-16(2)12-17(3)14-21/h5-15,29H,4H2,1-3H3,(H,30,32). The molecule has 0 aromatic heterocycles. The molecule has 0 bridgehead atoms. The summed E-state index contributed by atoms with van der Waals surface area (Å²) in [6.07, 6.45) is 0.849. The third kappa shape index (κ3) is 4.72. The first kappa shape index (κ1) is 23.3. The quantitative estimate of drug-likeness (QED) is 0.460. The second-order valence-electron chi connectivity index (χ2n) is 8.19. The van der Waals surface area contributed by atoms with Crippen LogP contribution in [-0.4, -0.2) is 17.7 Å². The molecule has 0 spiro atoms. The zero-order chi connectivity index (χ0) is 24.4. The highest BCUT2D eigenvalue weighted by Crippen LogP contribution is 2.30. The van der Waals surface area contributed by atoms with Crippen molar-refractivity contribution >= 4 is 46.4 Å². The van der Waals surface area contributed by atoms with Crippen LogP contribution in [0.25, 0.3) is 0 Å². The van der Waals surface area contributed by atoms with Gasteiger partial charge in [-0.1, -0.05) is 42.8 Å². The van der Waals surface area contributed by atoms with Crippen molar-refractivity contribution in [1.29, 1.82) is 0 Å². The van der Waals surface area contributed by atoms with E-state index in [1.54, 1.807) is 36.4 Å². The lowest BCUT2D eigenvalue weighted by Crippen LogP contribution is -2.32. The zero-order valence-electron chi connectivity index (χ0n) is 19.1. The average molecular weight is 474 g/mol. The number of amides is 3. The number of nitrogens with one attached hydrogen (secondary N) is 2. The van der Waals surface area contributed by atoms with Gasteiger partial charge in [-0.3, -0.25) is 14.4 Å². The predicted molar refractivity (Wildman–Crippen MR) is 135 cm³/mol. The SMILES string of the molecule is CCc1ccc(N2C(=O)C(Cl)=C(Nc3cccc(C(=O)Nc4cc(C)cc(C)c4)c3)C2=O)cc1. The van der Waals surface area contributed by atoms with E-state index in [1.165, 1.54) is 0 Å². The number of rotatable bonds is 6. The highest BCUT2D eigenvalue weighted by atomic mass is 35.5. The van der Waals surface area contributed by atoms with Crippen molar-refractivity contribution in [1.82, 2.24) is 0 Å². The van der Waals surface area contributed by atoms with Gasteiger partial charge in [0.05, 0.1) is 5.69 Å². The summed E-state index contributed by atoms with van der Waals surface area (Å²) < 4.78 is 0. The Kier molecular flexibility index (Phi) is 6.52. The monoisotopic (exact) mass is 473 g/mol. The molecule has 0 unspecified atom stereocenters. The summed E-state index contributed by atoms with van der Waals surface area (Å²) in [6.45, 7) is 5.95. The van der Waals surface area contributed by atoms with Crippen molar-refractivity contribution in [3.8, 4) is 0 Å². The highest BCUT2D eigenvalue weighted by Gasteiger charge is 2.39. The van der Waals surface area contributed by atoms with E-state index < -0.39 is 11.8 Å². The van der Waals surface area contributed by atoms with Gasteiger partial charge in [0.25, 0.3) is 17.7 Å². The molecule has 172 valence electrons. The van der Waals surface area contributed by atoms with Gasteiger partial charge in [-0.15, -0.1) is 0 Å². The molecule has 3 amide bonds. The summed E-state index contributed by atoms with van der Waals surface area (Å²) >= 11 is 6.24. The fourth-order valence-corrected chi connectivity index (χ4v) is 4.07. The Morgan fingerprint density at radius 1 is 0.882 bits per heavy atom. The number of halogens is 1. The second kappa shape index (κ2) is 9.53. The maximum atomic E-state index is 13.0. The zero-order valence-corrected chi connectivity index (χ0v) is 19.9. The topological polar surface area (TPSA) is 78.5 Å². The lowest BCUT2D eigenvalue weighted by Gasteiger charge is -2.15. The third-order valence-corrected chi connectivity index (χ3v) is 5.85. The average Bonchev–Trinajstić information content (AvgIpc) is 3.02. The number of nitrogens with zero attached hydrogens (tertiary/aromatic N) is 1. The number of hydrogen-bond donors (Lipinski definition) is 2. The summed E-state index contributed by atoms with van der Waals surface area (Å²) in [6, 6.07) is 19.6. The number of imide groups is 1. The minimum Gasteiger partial charge on any atom is -0.350 e. The van der Waals surface area contributed by atoms with E-state index in [1.807, 2.05) is 51.1 Å². The van der Waals surface area contributed by atoms with E-state index in [9.17, 15) is 14.4 Å². The van der Waals surface area contributed by atoms with Crippen LogP contribution in [0.2, 0.25) is 0 Å². The van der Waals surface area contributed by atoms with Crippen molar-refractivity contribution in [2.24, 2.45) is 0 Å². The van der Waals surface area contributed by atoms with Gasteiger partial charge in [-0.05, 0) is 79.4 Å². The number of carbonyl (C=O) groups is 3. The van der Waals surface area contributed by atoms with Crippen LogP contribution in [0.3, 0.4) is 0 Å². The largest absolute Gasteiger partial charge is 0.350 e. The van der Waals surface area contributed by atoms with Gasteiger partial charge >= 0.3 is 0 Å². The van der Waals surface area contributed by atoms with Crippen LogP contribution in [0.1, 0.15) is 34.0 Å². The molecule has 3 aromatic carbocycles. The number of hydrogen-bond acceptors (Lipinski definition) is 4. The minimum atomic E-state index is -0.595. The van der Waals surface area contributed by atoms with E-state index in [-0.39, 0.29) is 16.6 Å². The van der Waals surface area contributed by atoms with Gasteiger partial charge in [0.2, 0.25) is 0 Å². The molecule has 1 aliphatic rings. The van der Waals surface area contributed by atoms with Gasteiger partial charge in [-0.2, -0.15) is 0 Å². The van der Waals surface area contributed by atoms with E-state index in [4.69, 9.17) is 11.6 Å². The second-order valence-corrected chi connectivity index (χ2v) is 8.57. The molecular weight excluding hydrogens is 450 g/mol. The smallest absolute Gasteiger partial charge is 0.283 e. The molecule has 3 aromatic rings. The maximum absolute atomic E-state index is 13.0.